The Morgan fingerprint density at radius 1 is 1.09 bits per heavy atom. The number of amides is 1. The molecule has 0 aliphatic carbocycles. The third kappa shape index (κ3) is 9.61. The third-order valence-electron chi connectivity index (χ3n) is 4.01. The molecule has 0 radical (unpaired) electrons. The summed E-state index contributed by atoms with van der Waals surface area (Å²) in [5.74, 6) is -0.158. The highest BCUT2D eigenvalue weighted by Crippen LogP contribution is 2.25. The number of ether oxygens (including phenoxy) is 2. The van der Waals surface area contributed by atoms with Gasteiger partial charge in [0.25, 0.3) is 0 Å². The van der Waals surface area contributed by atoms with Crippen LogP contribution in [0, 0.1) is 0 Å². The van der Waals surface area contributed by atoms with Crippen molar-refractivity contribution in [1.29, 1.82) is 0 Å². The van der Waals surface area contributed by atoms with Gasteiger partial charge in [-0.05, 0) is 41.8 Å². The first-order valence-electron chi connectivity index (χ1n) is 9.78. The molecule has 2 atom stereocenters. The summed E-state index contributed by atoms with van der Waals surface area (Å²) in [6, 6.07) is 11.7. The van der Waals surface area contributed by atoms with E-state index in [4.69, 9.17) is 4.74 Å². The van der Waals surface area contributed by atoms with Crippen LogP contribution >= 0.6 is 11.8 Å². The fraction of sp³-hybridized carbons (Fsp3) is 0.364. The van der Waals surface area contributed by atoms with Gasteiger partial charge < -0.3 is 19.9 Å². The van der Waals surface area contributed by atoms with Crippen molar-refractivity contribution in [2.24, 2.45) is 0 Å². The average molecular weight is 474 g/mol. The van der Waals surface area contributed by atoms with Crippen molar-refractivity contribution < 1.29 is 37.3 Å². The van der Waals surface area contributed by atoms with Gasteiger partial charge >= 0.3 is 6.36 Å². The number of hydrogen-bond acceptors (Lipinski definition) is 6. The predicted octanol–water partition coefficient (Wildman–Crippen LogP) is 4.30. The molecule has 0 fully saturated rings. The van der Waals surface area contributed by atoms with Crippen molar-refractivity contribution in [3.63, 3.8) is 0 Å². The molecule has 0 bridgehead atoms. The zero-order valence-electron chi connectivity index (χ0n) is 17.9. The molecule has 10 heteroatoms. The molecular formula is C22H26F3NO5S. The summed E-state index contributed by atoms with van der Waals surface area (Å²) < 4.78 is 45.8. The van der Waals surface area contributed by atoms with Crippen LogP contribution in [0.5, 0.6) is 11.5 Å². The lowest BCUT2D eigenvalue weighted by Crippen LogP contribution is -2.31. The minimum atomic E-state index is -4.78. The van der Waals surface area contributed by atoms with Crippen molar-refractivity contribution >= 4 is 23.3 Å². The average Bonchev–Trinajstić information content (AvgIpc) is 2.78. The minimum Gasteiger partial charge on any atom is -0.491 e. The van der Waals surface area contributed by atoms with Gasteiger partial charge in [0, 0.05) is 7.05 Å². The van der Waals surface area contributed by atoms with E-state index in [0.29, 0.717) is 23.4 Å². The fourth-order valence-electron chi connectivity index (χ4n) is 2.53. The maximum absolute atomic E-state index is 12.2. The molecule has 0 aromatic heterocycles. The smallest absolute Gasteiger partial charge is 0.491 e. The van der Waals surface area contributed by atoms with Gasteiger partial charge in [0.15, 0.2) is 5.62 Å². The van der Waals surface area contributed by atoms with Gasteiger partial charge in [-0.15, -0.1) is 13.2 Å². The van der Waals surface area contributed by atoms with Crippen LogP contribution in [0.3, 0.4) is 0 Å². The van der Waals surface area contributed by atoms with Crippen LogP contribution in [0.1, 0.15) is 31.1 Å². The van der Waals surface area contributed by atoms with Crippen LogP contribution in [-0.2, 0) is 16.0 Å². The van der Waals surface area contributed by atoms with Crippen molar-refractivity contribution in [1.82, 2.24) is 5.32 Å². The largest absolute Gasteiger partial charge is 0.573 e. The normalized spacial score (nSPS) is 12.6. The van der Waals surface area contributed by atoms with E-state index in [-0.39, 0.29) is 18.3 Å². The first kappa shape index (κ1) is 27.3. The van der Waals surface area contributed by atoms with Gasteiger partial charge in [-0.1, -0.05) is 49.9 Å². The number of hydrogen-bond donors (Lipinski definition) is 2. The fourth-order valence-corrected chi connectivity index (χ4v) is 3.19. The molecule has 32 heavy (non-hydrogen) atoms. The number of carbonyl (C=O) groups is 2. The summed E-state index contributed by atoms with van der Waals surface area (Å²) in [5, 5.41) is 12.1. The van der Waals surface area contributed by atoms with Crippen molar-refractivity contribution in [3.05, 3.63) is 59.7 Å². The third-order valence-corrected chi connectivity index (χ3v) is 4.83. The van der Waals surface area contributed by atoms with E-state index in [0.717, 1.165) is 29.5 Å². The second-order valence-corrected chi connectivity index (χ2v) is 7.16. The van der Waals surface area contributed by atoms with Gasteiger partial charge in [0.05, 0.1) is 5.25 Å². The maximum atomic E-state index is 12.2. The molecule has 1 amide bonds. The number of rotatable bonds is 10. The molecule has 0 saturated heterocycles. The molecular weight excluding hydrogens is 447 g/mol. The van der Waals surface area contributed by atoms with Gasteiger partial charge in [-0.3, -0.25) is 9.59 Å². The Morgan fingerprint density at radius 3 is 2.16 bits per heavy atom. The predicted molar refractivity (Wildman–Crippen MR) is 117 cm³/mol. The van der Waals surface area contributed by atoms with E-state index in [1.165, 1.54) is 19.2 Å². The van der Waals surface area contributed by atoms with Gasteiger partial charge in [0.1, 0.15) is 24.2 Å². The molecule has 2 aromatic carbocycles. The lowest BCUT2D eigenvalue weighted by Gasteiger charge is -2.15. The number of aliphatic hydroxyl groups is 1. The monoisotopic (exact) mass is 473 g/mol. The number of benzene rings is 2. The summed E-state index contributed by atoms with van der Waals surface area (Å²) in [5.41, 5.74) is 1.83. The molecule has 2 unspecified atom stereocenters. The van der Waals surface area contributed by atoms with E-state index in [2.05, 4.69) is 10.1 Å². The second kappa shape index (κ2) is 13.6. The first-order valence-corrected chi connectivity index (χ1v) is 10.7. The zero-order valence-corrected chi connectivity index (χ0v) is 18.7. The number of thioether (sulfide) groups is 1. The van der Waals surface area contributed by atoms with Crippen molar-refractivity contribution in [3.8, 4) is 11.5 Å². The summed E-state index contributed by atoms with van der Waals surface area (Å²) in [7, 11) is 1.50. The van der Waals surface area contributed by atoms with E-state index < -0.39 is 17.7 Å². The molecule has 2 N–H and O–H groups in total. The summed E-state index contributed by atoms with van der Waals surface area (Å²) in [6.07, 6.45) is -5.47. The Balaban J connectivity index is 0.00000249. The molecule has 6 nitrogen and oxygen atoms in total. The number of alkyl halides is 3. The van der Waals surface area contributed by atoms with Crippen molar-refractivity contribution in [2.45, 2.75) is 38.0 Å². The zero-order chi connectivity index (χ0) is 24.1. The van der Waals surface area contributed by atoms with Crippen LogP contribution in [0.4, 0.5) is 13.2 Å². The molecule has 2 rings (SSSR count). The quantitative estimate of drug-likeness (QED) is 0.501. The summed E-state index contributed by atoms with van der Waals surface area (Å²) >= 11 is 0.896. The minimum absolute atomic E-state index is 0.110. The highest BCUT2D eigenvalue weighted by atomic mass is 32.2. The van der Waals surface area contributed by atoms with E-state index in [1.54, 1.807) is 24.3 Å². The Kier molecular flexibility index (Phi) is 11.6. The SMILES string of the molecule is CC.CNC(=O)C(Cc1ccc(OCC(O)c2ccc(OC(F)(F)F)cc2)cc1)SC=O. The molecule has 0 heterocycles. The molecule has 176 valence electrons. The molecule has 0 saturated carbocycles. The van der Waals surface area contributed by atoms with Gasteiger partial charge in [-0.2, -0.15) is 0 Å². The van der Waals surface area contributed by atoms with Crippen LogP contribution in [0.25, 0.3) is 0 Å². The number of carbonyl (C=O) groups excluding carboxylic acids is 2. The lowest BCUT2D eigenvalue weighted by molar-refractivity contribution is -0.274. The Morgan fingerprint density at radius 2 is 1.66 bits per heavy atom. The first-order chi connectivity index (χ1) is 15.2. The topological polar surface area (TPSA) is 84.9 Å². The standard InChI is InChI=1S/C20H20F3NO5S.C2H6/c1-24-19(27)18(30-12-25)10-13-2-6-15(7-3-13)28-11-17(26)14-4-8-16(9-5-14)29-20(21,22)23;1-2/h2-9,12,17-18,26H,10-11H2,1H3,(H,24,27);1-2H3. The van der Waals surface area contributed by atoms with Crippen LogP contribution < -0.4 is 14.8 Å². The number of halogens is 3. The highest BCUT2D eigenvalue weighted by Gasteiger charge is 2.31. The Hall–Kier alpha value is -2.72. The Labute approximate surface area is 189 Å². The lowest BCUT2D eigenvalue weighted by atomic mass is 10.1. The van der Waals surface area contributed by atoms with Gasteiger partial charge in [-0.25, -0.2) is 0 Å². The number of nitrogens with one attached hydrogen (secondary N) is 1. The summed E-state index contributed by atoms with van der Waals surface area (Å²) in [4.78, 5) is 22.5. The molecule has 0 spiro atoms. The molecule has 0 aliphatic heterocycles. The summed E-state index contributed by atoms with van der Waals surface area (Å²) in [6.45, 7) is 3.89. The van der Waals surface area contributed by atoms with Crippen LogP contribution in [-0.4, -0.2) is 41.9 Å². The number of aliphatic hydroxyl groups excluding tert-OH is 1. The molecule has 2 aromatic rings. The van der Waals surface area contributed by atoms with Crippen LogP contribution in [0.15, 0.2) is 48.5 Å². The second-order valence-electron chi connectivity index (χ2n) is 6.13. The maximum Gasteiger partial charge on any atom is 0.573 e. The van der Waals surface area contributed by atoms with Crippen molar-refractivity contribution in [2.75, 3.05) is 13.7 Å². The highest BCUT2D eigenvalue weighted by molar-refractivity contribution is 8.13. The van der Waals surface area contributed by atoms with E-state index in [1.807, 2.05) is 13.8 Å². The van der Waals surface area contributed by atoms with E-state index >= 15 is 0 Å². The molecule has 0 aliphatic rings. The van der Waals surface area contributed by atoms with E-state index in [9.17, 15) is 27.9 Å². The Bertz CT molecular complexity index is 829. The van der Waals surface area contributed by atoms with Gasteiger partial charge in [0.2, 0.25) is 5.91 Å². The van der Waals surface area contributed by atoms with Crippen LogP contribution in [0.2, 0.25) is 0 Å².